The van der Waals surface area contributed by atoms with E-state index in [4.69, 9.17) is 16.6 Å². The molecule has 2 amide bonds. The van der Waals surface area contributed by atoms with Crippen LogP contribution in [0.5, 0.6) is 5.75 Å². The SMILES string of the molecule is CN1CCN(CCCCCNc2ncc3c(n2)N(C2CCCC2)C(=O)N(c2c(Cl)cc(F)c(O)c2F)C3)CC1. The topological polar surface area (TPSA) is 88.1 Å². The lowest BCUT2D eigenvalue weighted by Crippen LogP contribution is -2.52. The number of rotatable bonds is 9. The predicted octanol–water partition coefficient (Wildman–Crippen LogP) is 4.83. The Labute approximate surface area is 232 Å². The molecule has 3 aliphatic rings. The average Bonchev–Trinajstić information content (AvgIpc) is 3.45. The van der Waals surface area contributed by atoms with Crippen LogP contribution in [0.25, 0.3) is 0 Å². The molecule has 0 bridgehead atoms. The van der Waals surface area contributed by atoms with E-state index in [9.17, 15) is 18.7 Å². The number of phenols is 1. The van der Waals surface area contributed by atoms with Gasteiger partial charge in [0.1, 0.15) is 11.5 Å². The number of piperazine rings is 1. The van der Waals surface area contributed by atoms with Crippen LogP contribution in [0.15, 0.2) is 12.3 Å². The second-order valence-corrected chi connectivity index (χ2v) is 11.1. The molecule has 12 heteroatoms. The number of carbonyl (C=O) groups is 1. The fraction of sp³-hybridized carbons (Fsp3) is 0.593. The number of anilines is 3. The van der Waals surface area contributed by atoms with Crippen molar-refractivity contribution in [2.24, 2.45) is 0 Å². The first-order chi connectivity index (χ1) is 18.8. The van der Waals surface area contributed by atoms with Crippen molar-refractivity contribution in [3.8, 4) is 5.75 Å². The minimum Gasteiger partial charge on any atom is -0.503 e. The lowest BCUT2D eigenvalue weighted by Gasteiger charge is -2.39. The number of halogens is 3. The van der Waals surface area contributed by atoms with Gasteiger partial charge in [0.25, 0.3) is 0 Å². The van der Waals surface area contributed by atoms with Crippen molar-refractivity contribution < 1.29 is 18.7 Å². The summed E-state index contributed by atoms with van der Waals surface area (Å²) in [6, 6.07) is 0.203. The third-order valence-corrected chi connectivity index (χ3v) is 8.24. The molecule has 1 aromatic carbocycles. The summed E-state index contributed by atoms with van der Waals surface area (Å²) in [5, 5.41) is 12.8. The smallest absolute Gasteiger partial charge is 0.330 e. The summed E-state index contributed by atoms with van der Waals surface area (Å²) in [6.07, 6.45) is 8.40. The number of hydrogen-bond acceptors (Lipinski definition) is 7. The van der Waals surface area contributed by atoms with Crippen molar-refractivity contribution in [3.05, 3.63) is 34.5 Å². The second-order valence-electron chi connectivity index (χ2n) is 10.7. The first kappa shape index (κ1) is 27.8. The highest BCUT2D eigenvalue weighted by Crippen LogP contribution is 2.42. The molecule has 212 valence electrons. The third kappa shape index (κ3) is 6.05. The Morgan fingerprint density at radius 2 is 1.87 bits per heavy atom. The molecule has 1 aliphatic carbocycles. The van der Waals surface area contributed by atoms with Gasteiger partial charge in [-0.05, 0) is 45.3 Å². The number of urea groups is 1. The molecule has 2 aromatic rings. The number of aromatic hydroxyl groups is 1. The summed E-state index contributed by atoms with van der Waals surface area (Å²) in [6.45, 7) is 6.31. The van der Waals surface area contributed by atoms with Crippen LogP contribution in [0.3, 0.4) is 0 Å². The van der Waals surface area contributed by atoms with Crippen molar-refractivity contribution >= 4 is 35.1 Å². The second kappa shape index (κ2) is 12.2. The van der Waals surface area contributed by atoms with Gasteiger partial charge in [-0.2, -0.15) is 4.98 Å². The number of likely N-dealkylation sites (N-methyl/N-ethyl adjacent to an activating group) is 1. The van der Waals surface area contributed by atoms with Crippen molar-refractivity contribution in [3.63, 3.8) is 0 Å². The van der Waals surface area contributed by atoms with Gasteiger partial charge in [-0.15, -0.1) is 0 Å². The maximum atomic E-state index is 14.9. The quantitative estimate of drug-likeness (QED) is 0.422. The van der Waals surface area contributed by atoms with Crippen LogP contribution in [0.4, 0.5) is 31.0 Å². The van der Waals surface area contributed by atoms with Crippen LogP contribution >= 0.6 is 11.6 Å². The highest BCUT2D eigenvalue weighted by atomic mass is 35.5. The number of benzene rings is 1. The van der Waals surface area contributed by atoms with E-state index in [0.717, 1.165) is 95.2 Å². The maximum absolute atomic E-state index is 14.9. The number of fused-ring (bicyclic) bond motifs is 1. The van der Waals surface area contributed by atoms with E-state index in [1.807, 2.05) is 0 Å². The van der Waals surface area contributed by atoms with Gasteiger partial charge in [0.15, 0.2) is 17.4 Å². The fourth-order valence-electron chi connectivity index (χ4n) is 5.65. The summed E-state index contributed by atoms with van der Waals surface area (Å²) in [5.41, 5.74) is 0.270. The van der Waals surface area contributed by atoms with Crippen molar-refractivity contribution in [2.45, 2.75) is 57.5 Å². The van der Waals surface area contributed by atoms with Gasteiger partial charge in [0.05, 0.1) is 11.6 Å². The van der Waals surface area contributed by atoms with Gasteiger partial charge in [0.2, 0.25) is 5.95 Å². The number of unbranched alkanes of at least 4 members (excludes halogenated alkanes) is 2. The Bertz CT molecular complexity index is 1190. The number of carbonyl (C=O) groups excluding carboxylic acids is 1. The molecule has 0 atom stereocenters. The molecular formula is C27H36ClF2N7O2. The van der Waals surface area contributed by atoms with Gasteiger partial charge in [-0.1, -0.05) is 30.9 Å². The monoisotopic (exact) mass is 563 g/mol. The van der Waals surface area contributed by atoms with E-state index < -0.39 is 23.4 Å². The maximum Gasteiger partial charge on any atom is 0.330 e. The number of nitrogens with one attached hydrogen (secondary N) is 1. The van der Waals surface area contributed by atoms with Crippen LogP contribution in [0, 0.1) is 11.6 Å². The molecular weight excluding hydrogens is 528 g/mol. The first-order valence-electron chi connectivity index (χ1n) is 13.8. The first-order valence-corrected chi connectivity index (χ1v) is 14.2. The van der Waals surface area contributed by atoms with E-state index in [1.165, 1.54) is 0 Å². The Balaban J connectivity index is 1.27. The number of phenolic OH excluding ortho intramolecular Hbond substituents is 1. The molecule has 3 heterocycles. The lowest BCUT2D eigenvalue weighted by molar-refractivity contribution is 0.152. The Morgan fingerprint density at radius 3 is 2.62 bits per heavy atom. The highest BCUT2D eigenvalue weighted by Gasteiger charge is 2.40. The normalized spacial score (nSPS) is 19.1. The van der Waals surface area contributed by atoms with Crippen LogP contribution in [-0.4, -0.2) is 83.3 Å². The van der Waals surface area contributed by atoms with Crippen LogP contribution < -0.4 is 15.1 Å². The lowest BCUT2D eigenvalue weighted by atomic mass is 10.1. The standard InChI is InChI=1S/C27H36ClF2N7O2/c1-34-11-13-35(14-12-34)10-6-2-5-9-31-26-32-16-18-17-36(23-20(28)15-21(29)24(38)22(23)30)27(39)37(25(18)33-26)19-7-3-4-8-19/h15-16,19,38H,2-14,17H2,1H3,(H,31,32,33). The minimum absolute atomic E-state index is 0.0499. The average molecular weight is 564 g/mol. The largest absolute Gasteiger partial charge is 0.503 e. The van der Waals surface area contributed by atoms with Crippen molar-refractivity contribution in [1.29, 1.82) is 0 Å². The number of aromatic nitrogens is 2. The number of amides is 2. The summed E-state index contributed by atoms with van der Waals surface area (Å²) in [4.78, 5) is 30.5. The van der Waals surface area contributed by atoms with Gasteiger partial charge in [-0.3, -0.25) is 9.80 Å². The molecule has 1 saturated carbocycles. The molecule has 0 spiro atoms. The Kier molecular flexibility index (Phi) is 8.68. The van der Waals surface area contributed by atoms with Gasteiger partial charge in [-0.25, -0.2) is 18.6 Å². The van der Waals surface area contributed by atoms with Gasteiger partial charge < -0.3 is 20.2 Å². The molecule has 2 aliphatic heterocycles. The molecule has 2 fully saturated rings. The zero-order chi connectivity index (χ0) is 27.5. The highest BCUT2D eigenvalue weighted by molar-refractivity contribution is 6.34. The summed E-state index contributed by atoms with van der Waals surface area (Å²) in [7, 11) is 2.16. The zero-order valence-electron chi connectivity index (χ0n) is 22.3. The molecule has 0 radical (unpaired) electrons. The number of nitrogens with zero attached hydrogens (tertiary/aromatic N) is 6. The molecule has 1 saturated heterocycles. The van der Waals surface area contributed by atoms with Crippen LogP contribution in [-0.2, 0) is 6.54 Å². The van der Waals surface area contributed by atoms with E-state index in [1.54, 1.807) is 11.1 Å². The van der Waals surface area contributed by atoms with Crippen LogP contribution in [0.1, 0.15) is 50.5 Å². The molecule has 2 N–H and O–H groups in total. The van der Waals surface area contributed by atoms with E-state index >= 15 is 0 Å². The van der Waals surface area contributed by atoms with E-state index in [-0.39, 0.29) is 23.3 Å². The molecule has 1 aromatic heterocycles. The number of hydrogen-bond donors (Lipinski definition) is 2. The van der Waals surface area contributed by atoms with E-state index in [2.05, 4.69) is 27.1 Å². The molecule has 9 nitrogen and oxygen atoms in total. The summed E-state index contributed by atoms with van der Waals surface area (Å²) < 4.78 is 28.8. The van der Waals surface area contributed by atoms with E-state index in [0.29, 0.717) is 17.3 Å². The van der Waals surface area contributed by atoms with Gasteiger partial charge >= 0.3 is 6.03 Å². The summed E-state index contributed by atoms with van der Waals surface area (Å²) in [5.74, 6) is -2.67. The van der Waals surface area contributed by atoms with Gasteiger partial charge in [0, 0.05) is 50.5 Å². The molecule has 5 rings (SSSR count). The molecule has 39 heavy (non-hydrogen) atoms. The van der Waals surface area contributed by atoms with Crippen molar-refractivity contribution in [1.82, 2.24) is 19.8 Å². The summed E-state index contributed by atoms with van der Waals surface area (Å²) >= 11 is 6.16. The minimum atomic E-state index is -1.27. The third-order valence-electron chi connectivity index (χ3n) is 7.95. The zero-order valence-corrected chi connectivity index (χ0v) is 23.1. The Hall–Kier alpha value is -2.76. The van der Waals surface area contributed by atoms with Crippen molar-refractivity contribution in [2.75, 3.05) is 61.4 Å². The molecule has 0 unspecified atom stereocenters. The predicted molar refractivity (Wildman–Crippen MR) is 148 cm³/mol. The van der Waals surface area contributed by atoms with Crippen LogP contribution in [0.2, 0.25) is 5.02 Å². The Morgan fingerprint density at radius 1 is 1.13 bits per heavy atom. The fourth-order valence-corrected chi connectivity index (χ4v) is 5.93.